The molecule has 1 aromatic rings. The van der Waals surface area contributed by atoms with Crippen molar-refractivity contribution in [3.05, 3.63) is 29.8 Å². The second kappa shape index (κ2) is 8.13. The van der Waals surface area contributed by atoms with Gasteiger partial charge in [-0.2, -0.15) is 0 Å². The summed E-state index contributed by atoms with van der Waals surface area (Å²) >= 11 is 0. The second-order valence-electron chi connectivity index (χ2n) is 3.71. The largest absolute Gasteiger partial charge is 0.508 e. The summed E-state index contributed by atoms with van der Waals surface area (Å²) in [6, 6.07) is 7.42. The number of hydrogen-bond donors (Lipinski definition) is 2. The molecule has 0 radical (unpaired) electrons. The second-order valence-corrected chi connectivity index (χ2v) is 3.71. The van der Waals surface area contributed by atoms with Gasteiger partial charge in [-0.25, -0.2) is 0 Å². The van der Waals surface area contributed by atoms with Crippen molar-refractivity contribution in [1.82, 2.24) is 5.32 Å². The number of ether oxygens (including phenoxy) is 1. The minimum absolute atomic E-state index is 0.365. The molecule has 0 amide bonds. The van der Waals surface area contributed by atoms with Gasteiger partial charge in [-0.3, -0.25) is 0 Å². The molecule has 0 bridgehead atoms. The average Bonchev–Trinajstić information content (AvgIpc) is 2.30. The first-order chi connectivity index (χ1) is 7.84. The van der Waals surface area contributed by atoms with E-state index in [0.717, 1.165) is 44.7 Å². The van der Waals surface area contributed by atoms with Crippen molar-refractivity contribution >= 4 is 0 Å². The van der Waals surface area contributed by atoms with Gasteiger partial charge in [0, 0.05) is 25.3 Å². The van der Waals surface area contributed by atoms with E-state index >= 15 is 0 Å². The molecule has 3 heteroatoms. The first-order valence-corrected chi connectivity index (χ1v) is 5.90. The van der Waals surface area contributed by atoms with Crippen molar-refractivity contribution in [3.63, 3.8) is 0 Å². The maximum absolute atomic E-state index is 9.52. The van der Waals surface area contributed by atoms with Crippen LogP contribution < -0.4 is 5.32 Å². The Labute approximate surface area is 97.4 Å². The lowest BCUT2D eigenvalue weighted by Crippen LogP contribution is -2.15. The smallest absolute Gasteiger partial charge is 0.120 e. The van der Waals surface area contributed by atoms with Crippen LogP contribution in [0.4, 0.5) is 0 Å². The third-order valence-corrected chi connectivity index (χ3v) is 2.40. The number of phenolic OH excluding ortho intramolecular Hbond substituents is 1. The summed E-state index contributed by atoms with van der Waals surface area (Å²) < 4.78 is 5.25. The van der Waals surface area contributed by atoms with Gasteiger partial charge in [-0.05, 0) is 32.4 Å². The van der Waals surface area contributed by atoms with E-state index < -0.39 is 0 Å². The van der Waals surface area contributed by atoms with Gasteiger partial charge in [0.1, 0.15) is 5.75 Å². The summed E-state index contributed by atoms with van der Waals surface area (Å²) in [4.78, 5) is 0. The number of rotatable bonds is 8. The van der Waals surface area contributed by atoms with Crippen LogP contribution in [0.5, 0.6) is 5.75 Å². The van der Waals surface area contributed by atoms with Gasteiger partial charge in [0.25, 0.3) is 0 Å². The van der Waals surface area contributed by atoms with Crippen LogP contribution in [0, 0.1) is 0 Å². The van der Waals surface area contributed by atoms with Crippen molar-refractivity contribution in [3.8, 4) is 5.75 Å². The van der Waals surface area contributed by atoms with E-state index in [-0.39, 0.29) is 0 Å². The molecule has 3 nitrogen and oxygen atoms in total. The Morgan fingerprint density at radius 2 is 2.06 bits per heavy atom. The van der Waals surface area contributed by atoms with Crippen molar-refractivity contribution in [2.45, 2.75) is 26.3 Å². The van der Waals surface area contributed by atoms with Crippen LogP contribution in [0.15, 0.2) is 24.3 Å². The summed E-state index contributed by atoms with van der Waals surface area (Å²) in [5, 5.41) is 12.8. The van der Waals surface area contributed by atoms with Crippen molar-refractivity contribution in [2.75, 3.05) is 19.8 Å². The molecule has 0 unspecified atom stereocenters. The lowest BCUT2D eigenvalue weighted by atomic mass is 10.2. The quantitative estimate of drug-likeness (QED) is 0.664. The van der Waals surface area contributed by atoms with Crippen molar-refractivity contribution in [2.24, 2.45) is 0 Å². The Morgan fingerprint density at radius 3 is 2.81 bits per heavy atom. The summed E-state index contributed by atoms with van der Waals surface area (Å²) in [5.74, 6) is 0.365. The van der Waals surface area contributed by atoms with E-state index in [2.05, 4.69) is 5.32 Å². The van der Waals surface area contributed by atoms with Crippen LogP contribution >= 0.6 is 0 Å². The Kier molecular flexibility index (Phi) is 6.61. The highest BCUT2D eigenvalue weighted by Gasteiger charge is 1.97. The fraction of sp³-hybridized carbons (Fsp3) is 0.538. The van der Waals surface area contributed by atoms with Crippen LogP contribution in [0.25, 0.3) is 0 Å². The number of phenols is 1. The van der Waals surface area contributed by atoms with Gasteiger partial charge in [0.05, 0.1) is 0 Å². The van der Waals surface area contributed by atoms with Gasteiger partial charge in [-0.1, -0.05) is 18.2 Å². The first kappa shape index (κ1) is 13.0. The minimum Gasteiger partial charge on any atom is -0.508 e. The van der Waals surface area contributed by atoms with E-state index in [1.807, 2.05) is 25.1 Å². The minimum atomic E-state index is 0.365. The van der Waals surface area contributed by atoms with Crippen molar-refractivity contribution < 1.29 is 9.84 Å². The van der Waals surface area contributed by atoms with E-state index in [1.54, 1.807) is 6.07 Å². The number of aromatic hydroxyl groups is 1. The fourth-order valence-electron chi connectivity index (χ4n) is 1.48. The zero-order valence-electron chi connectivity index (χ0n) is 9.91. The van der Waals surface area contributed by atoms with E-state index in [9.17, 15) is 5.11 Å². The third-order valence-electron chi connectivity index (χ3n) is 2.40. The molecule has 0 aliphatic carbocycles. The van der Waals surface area contributed by atoms with Crippen LogP contribution in [0.2, 0.25) is 0 Å². The molecule has 0 aliphatic rings. The highest BCUT2D eigenvalue weighted by molar-refractivity contribution is 5.31. The van der Waals surface area contributed by atoms with Gasteiger partial charge in [0.15, 0.2) is 0 Å². The monoisotopic (exact) mass is 223 g/mol. The Balaban J connectivity index is 2.05. The zero-order chi connectivity index (χ0) is 11.6. The Morgan fingerprint density at radius 1 is 1.25 bits per heavy atom. The van der Waals surface area contributed by atoms with Gasteiger partial charge < -0.3 is 15.2 Å². The van der Waals surface area contributed by atoms with Crippen LogP contribution in [0.3, 0.4) is 0 Å². The first-order valence-electron chi connectivity index (χ1n) is 5.90. The topological polar surface area (TPSA) is 41.5 Å². The molecule has 0 atom stereocenters. The van der Waals surface area contributed by atoms with Crippen LogP contribution in [0.1, 0.15) is 25.3 Å². The highest BCUT2D eigenvalue weighted by Crippen LogP contribution is 2.14. The van der Waals surface area contributed by atoms with Crippen LogP contribution in [-0.4, -0.2) is 24.9 Å². The summed E-state index contributed by atoms with van der Waals surface area (Å²) in [7, 11) is 0. The van der Waals surface area contributed by atoms with Crippen LogP contribution in [-0.2, 0) is 11.3 Å². The molecule has 0 heterocycles. The zero-order valence-corrected chi connectivity index (χ0v) is 9.91. The third kappa shape index (κ3) is 5.14. The molecule has 0 fully saturated rings. The van der Waals surface area contributed by atoms with Gasteiger partial charge in [0.2, 0.25) is 0 Å². The Hall–Kier alpha value is -1.06. The fourth-order valence-corrected chi connectivity index (χ4v) is 1.48. The molecule has 0 aromatic heterocycles. The maximum atomic E-state index is 9.52. The molecular weight excluding hydrogens is 202 g/mol. The number of hydrogen-bond acceptors (Lipinski definition) is 3. The lowest BCUT2D eigenvalue weighted by molar-refractivity contribution is 0.143. The SMILES string of the molecule is CCOCCCCNCc1ccccc1O. The predicted molar refractivity (Wildman–Crippen MR) is 65.5 cm³/mol. The van der Waals surface area contributed by atoms with E-state index in [1.165, 1.54) is 0 Å². The standard InChI is InChI=1S/C13H21NO2/c1-2-16-10-6-5-9-14-11-12-7-3-4-8-13(12)15/h3-4,7-8,14-15H,2,5-6,9-11H2,1H3. The molecule has 1 rings (SSSR count). The van der Waals surface area contributed by atoms with E-state index in [4.69, 9.17) is 4.74 Å². The van der Waals surface area contributed by atoms with Gasteiger partial charge in [-0.15, -0.1) is 0 Å². The molecule has 0 spiro atoms. The highest BCUT2D eigenvalue weighted by atomic mass is 16.5. The summed E-state index contributed by atoms with van der Waals surface area (Å²) in [6.45, 7) is 5.33. The molecule has 2 N–H and O–H groups in total. The normalized spacial score (nSPS) is 10.6. The molecular formula is C13H21NO2. The lowest BCUT2D eigenvalue weighted by Gasteiger charge is -2.06. The molecule has 0 aliphatic heterocycles. The molecule has 1 aromatic carbocycles. The predicted octanol–water partition coefficient (Wildman–Crippen LogP) is 2.30. The molecule has 0 saturated carbocycles. The molecule has 16 heavy (non-hydrogen) atoms. The Bertz CT molecular complexity index is 289. The average molecular weight is 223 g/mol. The van der Waals surface area contributed by atoms with E-state index in [0.29, 0.717) is 5.75 Å². The molecule has 90 valence electrons. The maximum Gasteiger partial charge on any atom is 0.120 e. The summed E-state index contributed by atoms with van der Waals surface area (Å²) in [5.41, 5.74) is 0.951. The van der Waals surface area contributed by atoms with Gasteiger partial charge >= 0.3 is 0 Å². The molecule has 0 saturated heterocycles. The number of nitrogens with one attached hydrogen (secondary N) is 1. The number of para-hydroxylation sites is 1. The summed E-state index contributed by atoms with van der Waals surface area (Å²) in [6.07, 6.45) is 2.19. The number of benzene rings is 1. The van der Waals surface area contributed by atoms with Crippen molar-refractivity contribution in [1.29, 1.82) is 0 Å². The number of unbranched alkanes of at least 4 members (excludes halogenated alkanes) is 1.